The first-order valence-electron chi connectivity index (χ1n) is 6.94. The number of halogens is 2. The molecule has 0 saturated carbocycles. The standard InChI is InChI=1S/C17H9Cl2NO4S/c18-10-3-6-12(13(19)8-10)16(22)24-11-4-1-9(2-5-11)7-14-15(21)20-17(23)25-14/h1-8H,(H,20,21,23)/b14-7+. The van der Waals surface area contributed by atoms with E-state index in [1.165, 1.54) is 12.1 Å². The average Bonchev–Trinajstić information content (AvgIpc) is 2.86. The van der Waals surface area contributed by atoms with Crippen LogP contribution in [0.3, 0.4) is 0 Å². The summed E-state index contributed by atoms with van der Waals surface area (Å²) in [6.45, 7) is 0. The molecule has 1 fully saturated rings. The second-order valence-electron chi connectivity index (χ2n) is 4.93. The number of carbonyl (C=O) groups is 3. The summed E-state index contributed by atoms with van der Waals surface area (Å²) >= 11 is 12.6. The van der Waals surface area contributed by atoms with E-state index in [9.17, 15) is 14.4 Å². The fraction of sp³-hybridized carbons (Fsp3) is 0. The predicted molar refractivity (Wildman–Crippen MR) is 97.0 cm³/mol. The van der Waals surface area contributed by atoms with Gasteiger partial charge in [-0.15, -0.1) is 0 Å². The molecule has 1 saturated heterocycles. The fourth-order valence-corrected chi connectivity index (χ4v) is 3.19. The normalized spacial score (nSPS) is 15.4. The van der Waals surface area contributed by atoms with Gasteiger partial charge in [0.2, 0.25) is 0 Å². The number of thioether (sulfide) groups is 1. The number of carbonyl (C=O) groups excluding carboxylic acids is 3. The minimum Gasteiger partial charge on any atom is -0.423 e. The highest BCUT2D eigenvalue weighted by Gasteiger charge is 2.24. The number of benzene rings is 2. The van der Waals surface area contributed by atoms with Crippen LogP contribution in [0.25, 0.3) is 6.08 Å². The van der Waals surface area contributed by atoms with E-state index in [4.69, 9.17) is 27.9 Å². The molecule has 2 aromatic carbocycles. The van der Waals surface area contributed by atoms with E-state index in [1.54, 1.807) is 36.4 Å². The Balaban J connectivity index is 1.72. The van der Waals surface area contributed by atoms with Gasteiger partial charge in [0.15, 0.2) is 0 Å². The Morgan fingerprint density at radius 3 is 2.40 bits per heavy atom. The van der Waals surface area contributed by atoms with E-state index in [2.05, 4.69) is 5.32 Å². The lowest BCUT2D eigenvalue weighted by Gasteiger charge is -2.06. The van der Waals surface area contributed by atoms with E-state index in [-0.39, 0.29) is 10.6 Å². The molecule has 0 atom stereocenters. The quantitative estimate of drug-likeness (QED) is 0.470. The monoisotopic (exact) mass is 393 g/mol. The van der Waals surface area contributed by atoms with E-state index in [0.29, 0.717) is 21.2 Å². The van der Waals surface area contributed by atoms with Gasteiger partial charge < -0.3 is 4.74 Å². The number of amides is 2. The summed E-state index contributed by atoms with van der Waals surface area (Å²) in [5.41, 5.74) is 0.895. The molecule has 1 aliphatic rings. The molecule has 8 heteroatoms. The topological polar surface area (TPSA) is 72.5 Å². The van der Waals surface area contributed by atoms with E-state index >= 15 is 0 Å². The van der Waals surface area contributed by atoms with Gasteiger partial charge in [-0.25, -0.2) is 4.79 Å². The van der Waals surface area contributed by atoms with Gasteiger partial charge in [-0.2, -0.15) is 0 Å². The zero-order valence-electron chi connectivity index (χ0n) is 12.4. The fourth-order valence-electron chi connectivity index (χ4n) is 2.02. The van der Waals surface area contributed by atoms with Crippen LogP contribution in [-0.4, -0.2) is 17.1 Å². The van der Waals surface area contributed by atoms with Crippen LogP contribution in [0, 0.1) is 0 Å². The molecule has 0 unspecified atom stereocenters. The van der Waals surface area contributed by atoms with Crippen molar-refractivity contribution in [1.82, 2.24) is 5.32 Å². The molecular formula is C17H9Cl2NO4S. The highest BCUT2D eigenvalue weighted by molar-refractivity contribution is 8.18. The maximum absolute atomic E-state index is 12.1. The Morgan fingerprint density at radius 1 is 1.08 bits per heavy atom. The molecule has 1 N–H and O–H groups in total. The first-order valence-corrected chi connectivity index (χ1v) is 8.52. The van der Waals surface area contributed by atoms with Crippen molar-refractivity contribution in [3.05, 3.63) is 68.5 Å². The zero-order chi connectivity index (χ0) is 18.0. The number of hydrogen-bond donors (Lipinski definition) is 1. The Hall–Kier alpha value is -2.28. The van der Waals surface area contributed by atoms with Crippen LogP contribution in [-0.2, 0) is 4.79 Å². The van der Waals surface area contributed by atoms with Crippen LogP contribution >= 0.6 is 35.0 Å². The number of ether oxygens (including phenoxy) is 1. The van der Waals surface area contributed by atoms with Crippen molar-refractivity contribution in [2.45, 2.75) is 0 Å². The molecule has 5 nitrogen and oxygen atoms in total. The Labute approximate surface area is 156 Å². The summed E-state index contributed by atoms with van der Waals surface area (Å²) in [7, 11) is 0. The predicted octanol–water partition coefficient (Wildman–Crippen LogP) is 4.54. The Bertz CT molecular complexity index is 909. The van der Waals surface area contributed by atoms with Gasteiger partial charge in [0.1, 0.15) is 5.75 Å². The molecule has 1 aliphatic heterocycles. The first kappa shape index (κ1) is 17.5. The van der Waals surface area contributed by atoms with E-state index < -0.39 is 17.1 Å². The first-order chi connectivity index (χ1) is 11.9. The van der Waals surface area contributed by atoms with Crippen molar-refractivity contribution in [3.63, 3.8) is 0 Å². The van der Waals surface area contributed by atoms with Crippen molar-refractivity contribution in [1.29, 1.82) is 0 Å². The smallest absolute Gasteiger partial charge is 0.345 e. The molecule has 2 amide bonds. The third kappa shape index (κ3) is 4.22. The molecule has 2 aromatic rings. The van der Waals surface area contributed by atoms with Crippen LogP contribution in [0.5, 0.6) is 5.75 Å². The summed E-state index contributed by atoms with van der Waals surface area (Å²) in [5, 5.41) is 2.40. The summed E-state index contributed by atoms with van der Waals surface area (Å²) in [4.78, 5) is 35.1. The van der Waals surface area contributed by atoms with Gasteiger partial charge in [0, 0.05) is 5.02 Å². The number of rotatable bonds is 3. The third-order valence-corrected chi connectivity index (χ3v) is 4.54. The average molecular weight is 394 g/mol. The van der Waals surface area contributed by atoms with Crippen molar-refractivity contribution in [2.24, 2.45) is 0 Å². The summed E-state index contributed by atoms with van der Waals surface area (Å²) < 4.78 is 5.26. The molecule has 0 radical (unpaired) electrons. The molecule has 0 aromatic heterocycles. The minimum atomic E-state index is -0.607. The number of esters is 1. The van der Waals surface area contributed by atoms with Gasteiger partial charge in [0.25, 0.3) is 11.1 Å². The number of hydrogen-bond acceptors (Lipinski definition) is 5. The highest BCUT2D eigenvalue weighted by atomic mass is 35.5. The van der Waals surface area contributed by atoms with Gasteiger partial charge in [-0.3, -0.25) is 14.9 Å². The largest absolute Gasteiger partial charge is 0.423 e. The third-order valence-electron chi connectivity index (χ3n) is 3.18. The van der Waals surface area contributed by atoms with Crippen LogP contribution in [0.15, 0.2) is 47.4 Å². The van der Waals surface area contributed by atoms with E-state index in [1.807, 2.05) is 0 Å². The summed E-state index contributed by atoms with van der Waals surface area (Å²) in [6, 6.07) is 11.0. The zero-order valence-corrected chi connectivity index (χ0v) is 14.7. The highest BCUT2D eigenvalue weighted by Crippen LogP contribution is 2.27. The van der Waals surface area contributed by atoms with Crippen molar-refractivity contribution < 1.29 is 19.1 Å². The lowest BCUT2D eigenvalue weighted by atomic mass is 10.2. The molecule has 0 aliphatic carbocycles. The second kappa shape index (κ2) is 7.31. The van der Waals surface area contributed by atoms with Crippen molar-refractivity contribution in [2.75, 3.05) is 0 Å². The van der Waals surface area contributed by atoms with Crippen LogP contribution < -0.4 is 10.1 Å². The number of imide groups is 1. The molecule has 1 heterocycles. The van der Waals surface area contributed by atoms with Gasteiger partial charge >= 0.3 is 5.97 Å². The van der Waals surface area contributed by atoms with E-state index in [0.717, 1.165) is 11.8 Å². The molecule has 126 valence electrons. The molecular weight excluding hydrogens is 385 g/mol. The second-order valence-corrected chi connectivity index (χ2v) is 6.79. The lowest BCUT2D eigenvalue weighted by Crippen LogP contribution is -2.17. The Kier molecular flexibility index (Phi) is 5.13. The molecule has 25 heavy (non-hydrogen) atoms. The maximum atomic E-state index is 12.1. The van der Waals surface area contributed by atoms with Gasteiger partial charge in [-0.05, 0) is 53.7 Å². The van der Waals surface area contributed by atoms with Crippen molar-refractivity contribution in [3.8, 4) is 5.75 Å². The molecule has 3 rings (SSSR count). The van der Waals surface area contributed by atoms with Crippen LogP contribution in [0.2, 0.25) is 10.0 Å². The van der Waals surface area contributed by atoms with Crippen molar-refractivity contribution >= 4 is 58.2 Å². The minimum absolute atomic E-state index is 0.202. The maximum Gasteiger partial charge on any atom is 0.345 e. The van der Waals surface area contributed by atoms with Gasteiger partial charge in [0.05, 0.1) is 15.5 Å². The lowest BCUT2D eigenvalue weighted by molar-refractivity contribution is -0.115. The van der Waals surface area contributed by atoms with Gasteiger partial charge in [-0.1, -0.05) is 35.3 Å². The summed E-state index contributed by atoms with van der Waals surface area (Å²) in [6.07, 6.45) is 1.58. The van der Waals surface area contributed by atoms with Crippen LogP contribution in [0.1, 0.15) is 15.9 Å². The number of nitrogens with one attached hydrogen (secondary N) is 1. The molecule has 0 bridgehead atoms. The van der Waals surface area contributed by atoms with Crippen LogP contribution in [0.4, 0.5) is 4.79 Å². The SMILES string of the molecule is O=C1NC(=O)/C(=C\c2ccc(OC(=O)c3ccc(Cl)cc3Cl)cc2)S1. The Morgan fingerprint density at radius 2 is 1.80 bits per heavy atom. The summed E-state index contributed by atoms with van der Waals surface area (Å²) in [5.74, 6) is -0.718. The molecule has 0 spiro atoms.